The molecule has 24 heavy (non-hydrogen) atoms. The molecule has 0 spiro atoms. The van der Waals surface area contributed by atoms with Crippen molar-refractivity contribution in [3.8, 4) is 11.5 Å². The van der Waals surface area contributed by atoms with Gasteiger partial charge in [-0.3, -0.25) is 0 Å². The average Bonchev–Trinajstić information content (AvgIpc) is 3.10. The summed E-state index contributed by atoms with van der Waals surface area (Å²) in [4.78, 5) is 0. The fourth-order valence-electron chi connectivity index (χ4n) is 4.05. The summed E-state index contributed by atoms with van der Waals surface area (Å²) in [5, 5.41) is 3.76. The molecule has 0 unspecified atom stereocenters. The molecule has 4 heteroatoms. The molecule has 3 nitrogen and oxygen atoms in total. The minimum absolute atomic E-state index is 0.182. The van der Waals surface area contributed by atoms with E-state index >= 15 is 0 Å². The number of hydrogen-bond acceptors (Lipinski definition) is 3. The Kier molecular flexibility index (Phi) is 4.01. The first-order valence-corrected chi connectivity index (χ1v) is 8.96. The van der Waals surface area contributed by atoms with E-state index in [1.165, 1.54) is 11.3 Å². The van der Waals surface area contributed by atoms with Crippen molar-refractivity contribution < 1.29 is 9.47 Å². The van der Waals surface area contributed by atoms with Crippen molar-refractivity contribution in [2.75, 3.05) is 19.5 Å². The summed E-state index contributed by atoms with van der Waals surface area (Å²) in [6.07, 6.45) is 5.71. The topological polar surface area (TPSA) is 30.5 Å². The van der Waals surface area contributed by atoms with Crippen LogP contribution in [-0.2, 0) is 0 Å². The molecule has 0 amide bonds. The van der Waals surface area contributed by atoms with Crippen LogP contribution in [0.2, 0.25) is 0 Å². The molecule has 0 bridgehead atoms. The van der Waals surface area contributed by atoms with E-state index < -0.39 is 0 Å². The molecule has 0 saturated heterocycles. The van der Waals surface area contributed by atoms with Gasteiger partial charge in [0.25, 0.3) is 0 Å². The normalized spacial score (nSPS) is 24.0. The Labute approximate surface area is 150 Å². The number of hydrogen-bond donors (Lipinski definition) is 1. The zero-order valence-corrected chi connectivity index (χ0v) is 15.3. The fourth-order valence-corrected chi connectivity index (χ4v) is 4.54. The highest BCUT2D eigenvalue weighted by molar-refractivity contribution is 9.10. The molecular weight excluding hydrogens is 366 g/mol. The second-order valence-corrected chi connectivity index (χ2v) is 7.12. The van der Waals surface area contributed by atoms with Gasteiger partial charge >= 0.3 is 0 Å². The Morgan fingerprint density at radius 1 is 1.04 bits per heavy atom. The van der Waals surface area contributed by atoms with Crippen molar-refractivity contribution in [1.82, 2.24) is 0 Å². The quantitative estimate of drug-likeness (QED) is 0.727. The molecule has 1 N–H and O–H groups in total. The molecule has 124 valence electrons. The first-order valence-electron chi connectivity index (χ1n) is 8.17. The lowest BCUT2D eigenvalue weighted by molar-refractivity contribution is 0.341. The molecule has 0 aromatic heterocycles. The van der Waals surface area contributed by atoms with Gasteiger partial charge in [-0.15, -0.1) is 0 Å². The lowest BCUT2D eigenvalue weighted by Crippen LogP contribution is -2.29. The summed E-state index contributed by atoms with van der Waals surface area (Å²) < 4.78 is 12.3. The van der Waals surface area contributed by atoms with Gasteiger partial charge in [0, 0.05) is 16.0 Å². The smallest absolute Gasteiger partial charge is 0.165 e. The maximum absolute atomic E-state index is 5.69. The lowest BCUT2D eigenvalue weighted by Gasteiger charge is -2.38. The highest BCUT2D eigenvalue weighted by Gasteiger charge is 2.39. The van der Waals surface area contributed by atoms with Gasteiger partial charge in [-0.2, -0.15) is 0 Å². The number of benzene rings is 2. The molecule has 3 atom stereocenters. The van der Waals surface area contributed by atoms with E-state index in [9.17, 15) is 0 Å². The summed E-state index contributed by atoms with van der Waals surface area (Å²) in [6, 6.07) is 12.7. The van der Waals surface area contributed by atoms with Gasteiger partial charge in [0.15, 0.2) is 11.5 Å². The van der Waals surface area contributed by atoms with Crippen LogP contribution in [0.25, 0.3) is 0 Å². The van der Waals surface area contributed by atoms with Crippen molar-refractivity contribution in [1.29, 1.82) is 0 Å². The van der Waals surface area contributed by atoms with Gasteiger partial charge < -0.3 is 14.8 Å². The van der Waals surface area contributed by atoms with Crippen LogP contribution in [0.1, 0.15) is 29.5 Å². The predicted octanol–water partition coefficient (Wildman–Crippen LogP) is 5.29. The van der Waals surface area contributed by atoms with E-state index in [4.69, 9.17) is 9.47 Å². The van der Waals surface area contributed by atoms with Gasteiger partial charge in [0.05, 0.1) is 25.9 Å². The minimum atomic E-state index is 0.182. The lowest BCUT2D eigenvalue weighted by atomic mass is 9.77. The van der Waals surface area contributed by atoms with Gasteiger partial charge in [-0.25, -0.2) is 0 Å². The van der Waals surface area contributed by atoms with Crippen molar-refractivity contribution in [3.63, 3.8) is 0 Å². The summed E-state index contributed by atoms with van der Waals surface area (Å²) in [5.41, 5.74) is 3.69. The summed E-state index contributed by atoms with van der Waals surface area (Å²) >= 11 is 3.70. The first-order chi connectivity index (χ1) is 11.7. The fraction of sp³-hybridized carbons (Fsp3) is 0.300. The Morgan fingerprint density at radius 2 is 1.83 bits per heavy atom. The molecular formula is C20H20BrNO2. The molecule has 1 aliphatic carbocycles. The highest BCUT2D eigenvalue weighted by atomic mass is 79.9. The molecule has 0 fully saturated rings. The molecule has 2 aromatic carbocycles. The van der Waals surface area contributed by atoms with Crippen LogP contribution in [-0.4, -0.2) is 14.2 Å². The van der Waals surface area contributed by atoms with E-state index in [1.807, 2.05) is 12.1 Å². The SMILES string of the molecule is COc1cccc([C@@H]2Nc3c(Br)cccc3[C@@H]3C=CC[C@H]32)c1OC. The number of anilines is 1. The maximum atomic E-state index is 5.69. The highest BCUT2D eigenvalue weighted by Crippen LogP contribution is 2.53. The molecule has 1 aliphatic heterocycles. The zero-order chi connectivity index (χ0) is 16.7. The monoisotopic (exact) mass is 385 g/mol. The Bertz CT molecular complexity index is 802. The number of para-hydroxylation sites is 2. The van der Waals surface area contributed by atoms with Gasteiger partial charge in [0.2, 0.25) is 0 Å². The summed E-state index contributed by atoms with van der Waals surface area (Å²) in [5.74, 6) is 2.50. The van der Waals surface area contributed by atoms with E-state index in [0.717, 1.165) is 28.0 Å². The first kappa shape index (κ1) is 15.6. The number of rotatable bonds is 3. The minimum Gasteiger partial charge on any atom is -0.493 e. The molecule has 2 aliphatic rings. The predicted molar refractivity (Wildman–Crippen MR) is 100 cm³/mol. The third kappa shape index (κ3) is 2.32. The third-order valence-corrected chi connectivity index (χ3v) is 5.78. The van der Waals surface area contributed by atoms with Crippen molar-refractivity contribution in [2.24, 2.45) is 5.92 Å². The van der Waals surface area contributed by atoms with Crippen LogP contribution in [0.15, 0.2) is 53.0 Å². The number of allylic oxidation sites excluding steroid dienone is 2. The van der Waals surface area contributed by atoms with Crippen molar-refractivity contribution in [3.05, 3.63) is 64.1 Å². The Hall–Kier alpha value is -1.94. The molecule has 0 saturated carbocycles. The number of nitrogens with one attached hydrogen (secondary N) is 1. The second kappa shape index (κ2) is 6.17. The van der Waals surface area contributed by atoms with E-state index in [-0.39, 0.29) is 6.04 Å². The third-order valence-electron chi connectivity index (χ3n) is 5.11. The second-order valence-electron chi connectivity index (χ2n) is 6.26. The van der Waals surface area contributed by atoms with Crippen molar-refractivity contribution in [2.45, 2.75) is 18.4 Å². The van der Waals surface area contributed by atoms with Crippen LogP contribution in [0.3, 0.4) is 0 Å². The number of ether oxygens (including phenoxy) is 2. The van der Waals surface area contributed by atoms with Crippen LogP contribution in [0.4, 0.5) is 5.69 Å². The molecule has 0 radical (unpaired) electrons. The number of halogens is 1. The molecule has 2 aromatic rings. The van der Waals surface area contributed by atoms with Crippen LogP contribution in [0.5, 0.6) is 11.5 Å². The summed E-state index contributed by atoms with van der Waals surface area (Å²) in [6.45, 7) is 0. The van der Waals surface area contributed by atoms with Gasteiger partial charge in [-0.05, 0) is 46.0 Å². The number of fused-ring (bicyclic) bond motifs is 3. The van der Waals surface area contributed by atoms with Gasteiger partial charge in [0.1, 0.15) is 0 Å². The van der Waals surface area contributed by atoms with E-state index in [1.54, 1.807) is 14.2 Å². The Morgan fingerprint density at radius 3 is 2.62 bits per heavy atom. The maximum Gasteiger partial charge on any atom is 0.165 e. The van der Waals surface area contributed by atoms with Gasteiger partial charge in [-0.1, -0.05) is 36.4 Å². The Balaban J connectivity index is 1.85. The number of methoxy groups -OCH3 is 2. The molecule has 1 heterocycles. The van der Waals surface area contributed by atoms with Crippen LogP contribution in [0, 0.1) is 5.92 Å². The van der Waals surface area contributed by atoms with Crippen LogP contribution < -0.4 is 14.8 Å². The standard InChI is InChI=1S/C20H20BrNO2/c1-23-17-11-5-9-15(20(17)24-2)18-13-7-3-6-12(13)14-8-4-10-16(21)19(14)22-18/h3-6,8-13,18,22H,7H2,1-2H3/t12-,13-,18-/m1/s1. The van der Waals surface area contributed by atoms with E-state index in [2.05, 4.69) is 57.7 Å². The zero-order valence-electron chi connectivity index (χ0n) is 13.8. The molecule has 4 rings (SSSR count). The summed E-state index contributed by atoms with van der Waals surface area (Å²) in [7, 11) is 3.39. The van der Waals surface area contributed by atoms with E-state index in [0.29, 0.717) is 11.8 Å². The average molecular weight is 386 g/mol. The van der Waals surface area contributed by atoms with Crippen LogP contribution >= 0.6 is 15.9 Å². The largest absolute Gasteiger partial charge is 0.493 e. The van der Waals surface area contributed by atoms with Crippen molar-refractivity contribution >= 4 is 21.6 Å².